The normalized spacial score (nSPS) is 17.9. The summed E-state index contributed by atoms with van der Waals surface area (Å²) in [6.45, 7) is 12.9. The molecule has 0 unspecified atom stereocenters. The predicted octanol–water partition coefficient (Wildman–Crippen LogP) is 6.25. The number of anilines is 1. The summed E-state index contributed by atoms with van der Waals surface area (Å²) >= 11 is 0. The van der Waals surface area contributed by atoms with Crippen LogP contribution in [0.1, 0.15) is 55.7 Å². The first-order chi connectivity index (χ1) is 24.2. The molecule has 1 aliphatic heterocycles. The van der Waals surface area contributed by atoms with Crippen molar-refractivity contribution in [2.24, 2.45) is 5.73 Å². The number of hydrogen-bond donors (Lipinski definition) is 3. The Morgan fingerprint density at radius 1 is 0.941 bits per heavy atom. The van der Waals surface area contributed by atoms with Gasteiger partial charge in [-0.05, 0) is 66.0 Å². The number of benzene rings is 3. The van der Waals surface area contributed by atoms with Gasteiger partial charge in [-0.2, -0.15) is 4.98 Å². The number of rotatable bonds is 13. The molecule has 1 saturated heterocycles. The summed E-state index contributed by atoms with van der Waals surface area (Å²) < 4.78 is 33.4. The number of amides is 2. The van der Waals surface area contributed by atoms with Crippen LogP contribution in [0.15, 0.2) is 89.9 Å². The highest BCUT2D eigenvalue weighted by Gasteiger charge is 2.47. The van der Waals surface area contributed by atoms with Crippen LogP contribution in [-0.2, 0) is 19.5 Å². The van der Waals surface area contributed by atoms with Crippen LogP contribution in [-0.4, -0.2) is 56.9 Å². The Labute approximate surface area is 300 Å². The lowest BCUT2D eigenvalue weighted by Gasteiger charge is -2.40. The molecular formula is C38H49N5O7Si. The van der Waals surface area contributed by atoms with Crippen LogP contribution in [0.5, 0.6) is 11.5 Å². The topological polar surface area (TPSA) is 148 Å². The van der Waals surface area contributed by atoms with E-state index in [0.29, 0.717) is 12.0 Å². The zero-order valence-electron chi connectivity index (χ0n) is 30.6. The van der Waals surface area contributed by atoms with Crippen LogP contribution in [0, 0.1) is 6.92 Å². The van der Waals surface area contributed by atoms with E-state index in [9.17, 15) is 9.59 Å². The molecule has 4 N–H and O–H groups in total. The molecule has 272 valence electrons. The maximum Gasteiger partial charge on any atom is 0.351 e. The molecule has 0 spiro atoms. The molecule has 0 aliphatic carbocycles. The Bertz CT molecular complexity index is 1800. The van der Waals surface area contributed by atoms with Crippen molar-refractivity contribution in [3.63, 3.8) is 0 Å². The fourth-order valence-electron chi connectivity index (χ4n) is 6.00. The van der Waals surface area contributed by atoms with E-state index in [-0.39, 0.29) is 17.5 Å². The van der Waals surface area contributed by atoms with E-state index in [0.717, 1.165) is 28.2 Å². The summed E-state index contributed by atoms with van der Waals surface area (Å²) in [7, 11) is 0.965. The van der Waals surface area contributed by atoms with Crippen molar-refractivity contribution in [1.82, 2.24) is 15.0 Å². The predicted molar refractivity (Wildman–Crippen MR) is 198 cm³/mol. The van der Waals surface area contributed by atoms with Gasteiger partial charge in [-0.15, -0.1) is 0 Å². The maximum atomic E-state index is 13.4. The van der Waals surface area contributed by atoms with E-state index in [1.165, 1.54) is 4.57 Å². The molecule has 51 heavy (non-hydrogen) atoms. The van der Waals surface area contributed by atoms with Crippen molar-refractivity contribution in [2.45, 2.75) is 76.3 Å². The van der Waals surface area contributed by atoms with Crippen molar-refractivity contribution in [3.05, 3.63) is 118 Å². The number of methoxy groups -OCH3 is 2. The van der Waals surface area contributed by atoms with Crippen LogP contribution in [0.4, 0.5) is 10.6 Å². The number of nitrogens with one attached hydrogen (secondary N) is 2. The fraction of sp³-hybridized carbons (Fsp3) is 0.395. The van der Waals surface area contributed by atoms with E-state index in [4.69, 9.17) is 29.1 Å². The second-order valence-corrected chi connectivity index (χ2v) is 18.9. The molecule has 1 fully saturated rings. The number of carbonyl (C=O) groups is 1. The van der Waals surface area contributed by atoms with Gasteiger partial charge in [-0.1, -0.05) is 75.4 Å². The van der Waals surface area contributed by atoms with E-state index < -0.39 is 44.1 Å². The number of carbonyl (C=O) groups excluding carboxylic acids is 1. The molecule has 13 heteroatoms. The third kappa shape index (κ3) is 8.12. The number of aryl methyl sites for hydroxylation is 1. The number of urea groups is 1. The van der Waals surface area contributed by atoms with Gasteiger partial charge >= 0.3 is 11.7 Å². The van der Waals surface area contributed by atoms with Crippen LogP contribution in [0.25, 0.3) is 0 Å². The average molecular weight is 716 g/mol. The standard InChI is InChI=1S/C38H49N5O7Si/c1-25-23-43(36(45)40-34(25)41-42-35(39)44)33-22-31(50-51(7,8)37(2,3)4)32(49-33)24-48-38(26-12-10-9-11-13-26,27-14-18-29(46-5)19-15-27)28-16-20-30(47-6)21-17-28/h9-21,23,31-33H,22,24H2,1-8H3,(H3,39,42,44)(H,40,41,45)/t31-,32+,33+/m0/s1. The van der Waals surface area contributed by atoms with Gasteiger partial charge in [-0.3, -0.25) is 15.4 Å². The maximum absolute atomic E-state index is 13.4. The second-order valence-electron chi connectivity index (χ2n) is 14.2. The first-order valence-corrected chi connectivity index (χ1v) is 19.8. The van der Waals surface area contributed by atoms with Gasteiger partial charge in [0.15, 0.2) is 14.1 Å². The van der Waals surface area contributed by atoms with E-state index >= 15 is 0 Å². The van der Waals surface area contributed by atoms with Crippen molar-refractivity contribution in [3.8, 4) is 11.5 Å². The minimum atomic E-state index is -2.31. The highest BCUT2D eigenvalue weighted by atomic mass is 28.4. The van der Waals surface area contributed by atoms with Gasteiger partial charge in [0, 0.05) is 18.2 Å². The number of ether oxygens (including phenoxy) is 4. The van der Waals surface area contributed by atoms with Gasteiger partial charge < -0.3 is 29.1 Å². The summed E-state index contributed by atoms with van der Waals surface area (Å²) in [6, 6.07) is 25.0. The molecule has 3 aromatic carbocycles. The smallest absolute Gasteiger partial charge is 0.351 e. The number of aromatic nitrogens is 2. The van der Waals surface area contributed by atoms with Gasteiger partial charge in [0.2, 0.25) is 0 Å². The number of primary amides is 1. The molecular weight excluding hydrogens is 667 g/mol. The molecule has 4 aromatic rings. The van der Waals surface area contributed by atoms with E-state index in [1.54, 1.807) is 27.3 Å². The minimum Gasteiger partial charge on any atom is -0.497 e. The van der Waals surface area contributed by atoms with Gasteiger partial charge in [0.25, 0.3) is 0 Å². The fourth-order valence-corrected chi connectivity index (χ4v) is 7.36. The second kappa shape index (κ2) is 15.3. The number of hydrazine groups is 1. The Hall–Kier alpha value is -4.69. The van der Waals surface area contributed by atoms with Crippen LogP contribution >= 0.6 is 0 Å². The molecule has 3 atom stereocenters. The lowest BCUT2D eigenvalue weighted by molar-refractivity contribution is -0.0928. The third-order valence-corrected chi connectivity index (χ3v) is 14.3. The zero-order chi connectivity index (χ0) is 37.0. The molecule has 2 heterocycles. The largest absolute Gasteiger partial charge is 0.497 e. The molecule has 5 rings (SSSR count). The van der Waals surface area contributed by atoms with Crippen LogP contribution in [0.3, 0.4) is 0 Å². The molecule has 1 aliphatic rings. The number of nitrogens with zero attached hydrogens (tertiary/aromatic N) is 2. The Kier molecular flexibility index (Phi) is 11.2. The highest BCUT2D eigenvalue weighted by molar-refractivity contribution is 6.74. The third-order valence-electron chi connectivity index (χ3n) is 9.82. The summed E-state index contributed by atoms with van der Waals surface area (Å²) in [5, 5.41) is -0.0772. The molecule has 0 saturated carbocycles. The van der Waals surface area contributed by atoms with Gasteiger partial charge in [0.05, 0.1) is 26.9 Å². The summed E-state index contributed by atoms with van der Waals surface area (Å²) in [5.41, 5.74) is 11.7. The van der Waals surface area contributed by atoms with Crippen LogP contribution in [0.2, 0.25) is 18.1 Å². The van der Waals surface area contributed by atoms with Gasteiger partial charge in [0.1, 0.15) is 29.4 Å². The number of nitrogens with two attached hydrogens (primary N) is 1. The monoisotopic (exact) mass is 715 g/mol. The van der Waals surface area contributed by atoms with Crippen molar-refractivity contribution in [2.75, 3.05) is 26.3 Å². The molecule has 1 aromatic heterocycles. The average Bonchev–Trinajstić information content (AvgIpc) is 3.50. The van der Waals surface area contributed by atoms with Crippen molar-refractivity contribution in [1.29, 1.82) is 0 Å². The minimum absolute atomic E-state index is 0.0772. The Morgan fingerprint density at radius 2 is 1.49 bits per heavy atom. The first-order valence-electron chi connectivity index (χ1n) is 16.9. The number of hydrogen-bond acceptors (Lipinski definition) is 9. The van der Waals surface area contributed by atoms with Crippen LogP contribution < -0.4 is 31.7 Å². The van der Waals surface area contributed by atoms with Crippen molar-refractivity contribution >= 4 is 20.2 Å². The SMILES string of the molecule is COc1ccc(C(OC[C@H]2O[C@@H](n3cc(C)c(NNC(N)=O)nc3=O)C[C@@H]2O[Si](C)(C)C(C)(C)C)(c2ccccc2)c2ccc(OC)cc2)cc1. The molecule has 0 bridgehead atoms. The quantitative estimate of drug-likeness (QED) is 0.0830. The Morgan fingerprint density at radius 3 is 2.00 bits per heavy atom. The zero-order valence-corrected chi connectivity index (χ0v) is 31.6. The lowest BCUT2D eigenvalue weighted by Crippen LogP contribution is -2.47. The van der Waals surface area contributed by atoms with Gasteiger partial charge in [-0.25, -0.2) is 9.59 Å². The molecule has 2 amide bonds. The summed E-state index contributed by atoms with van der Waals surface area (Å²) in [6.07, 6.45) is 0.430. The Balaban J connectivity index is 1.57. The van der Waals surface area contributed by atoms with E-state index in [2.05, 4.69) is 49.7 Å². The highest BCUT2D eigenvalue weighted by Crippen LogP contribution is 2.44. The van der Waals surface area contributed by atoms with E-state index in [1.807, 2.05) is 78.9 Å². The first kappa shape index (κ1) is 37.6. The molecule has 0 radical (unpaired) electrons. The molecule has 12 nitrogen and oxygen atoms in total. The lowest BCUT2D eigenvalue weighted by atomic mass is 9.80. The van der Waals surface area contributed by atoms with Crippen molar-refractivity contribution < 1.29 is 28.2 Å². The summed E-state index contributed by atoms with van der Waals surface area (Å²) in [4.78, 5) is 28.8. The summed E-state index contributed by atoms with van der Waals surface area (Å²) in [5.74, 6) is 1.64.